The normalized spacial score (nSPS) is 33.2. The highest BCUT2D eigenvalue weighted by Gasteiger charge is 2.44. The van der Waals surface area contributed by atoms with Gasteiger partial charge in [-0.15, -0.1) is 0 Å². The van der Waals surface area contributed by atoms with Crippen LogP contribution in [-0.2, 0) is 9.53 Å². The number of hydrogen-bond acceptors (Lipinski definition) is 3. The maximum atomic E-state index is 11.7. The van der Waals surface area contributed by atoms with Gasteiger partial charge >= 0.3 is 6.09 Å². The molecule has 1 heterocycles. The van der Waals surface area contributed by atoms with Gasteiger partial charge in [0.1, 0.15) is 5.78 Å². The minimum atomic E-state index is -0.205. The predicted molar refractivity (Wildman–Crippen MR) is 63.7 cm³/mol. The van der Waals surface area contributed by atoms with Gasteiger partial charge in [0, 0.05) is 25.9 Å². The van der Waals surface area contributed by atoms with Crippen LogP contribution in [0.5, 0.6) is 0 Å². The number of carbonyl (C=O) groups excluding carboxylic acids is 2. The molecule has 0 N–H and O–H groups in total. The Morgan fingerprint density at radius 2 is 2.35 bits per heavy atom. The Balaban J connectivity index is 2.02. The Labute approximate surface area is 102 Å². The van der Waals surface area contributed by atoms with Gasteiger partial charge in [-0.05, 0) is 31.1 Å². The van der Waals surface area contributed by atoms with E-state index in [2.05, 4.69) is 6.92 Å². The molecule has 2 aliphatic rings. The number of ether oxygens (including phenoxy) is 1. The number of amides is 1. The average molecular weight is 239 g/mol. The third-order valence-electron chi connectivity index (χ3n) is 4.26. The van der Waals surface area contributed by atoms with Crippen LogP contribution >= 0.6 is 0 Å². The number of ketones is 1. The highest BCUT2D eigenvalue weighted by Crippen LogP contribution is 2.44. The summed E-state index contributed by atoms with van der Waals surface area (Å²) in [5.74, 6) is 0.839. The van der Waals surface area contributed by atoms with Gasteiger partial charge in [-0.3, -0.25) is 4.79 Å². The van der Waals surface area contributed by atoms with Crippen LogP contribution in [0.15, 0.2) is 0 Å². The van der Waals surface area contributed by atoms with Crippen molar-refractivity contribution in [1.82, 2.24) is 4.90 Å². The van der Waals surface area contributed by atoms with Crippen LogP contribution in [0.2, 0.25) is 0 Å². The largest absolute Gasteiger partial charge is 0.450 e. The fraction of sp³-hybridized carbons (Fsp3) is 0.846. The number of piperidine rings is 1. The number of hydrogen-bond donors (Lipinski definition) is 0. The molecule has 1 saturated heterocycles. The Kier molecular flexibility index (Phi) is 3.40. The standard InChI is InChI=1S/C13H21NO3/c1-3-17-12(16)14-7-5-10-8-11(15)4-6-13(10,2)9-14/h10H,3-9H2,1-2H3. The summed E-state index contributed by atoms with van der Waals surface area (Å²) in [6.07, 6.45) is 3.01. The molecule has 2 fully saturated rings. The molecule has 0 aromatic heterocycles. The first-order valence-electron chi connectivity index (χ1n) is 6.48. The topological polar surface area (TPSA) is 46.6 Å². The summed E-state index contributed by atoms with van der Waals surface area (Å²) in [7, 11) is 0. The molecule has 96 valence electrons. The Hall–Kier alpha value is -1.06. The van der Waals surface area contributed by atoms with Gasteiger partial charge in [0.15, 0.2) is 0 Å². The van der Waals surface area contributed by atoms with Crippen molar-refractivity contribution >= 4 is 11.9 Å². The summed E-state index contributed by atoms with van der Waals surface area (Å²) in [4.78, 5) is 25.0. The van der Waals surface area contributed by atoms with Gasteiger partial charge in [0.2, 0.25) is 0 Å². The lowest BCUT2D eigenvalue weighted by Gasteiger charge is -2.48. The van der Waals surface area contributed by atoms with E-state index in [0.29, 0.717) is 31.1 Å². The van der Waals surface area contributed by atoms with Crippen LogP contribution in [0.4, 0.5) is 4.79 Å². The van der Waals surface area contributed by atoms with Crippen molar-refractivity contribution in [1.29, 1.82) is 0 Å². The number of fused-ring (bicyclic) bond motifs is 1. The van der Waals surface area contributed by atoms with Crippen molar-refractivity contribution in [2.24, 2.45) is 11.3 Å². The van der Waals surface area contributed by atoms with E-state index in [1.165, 1.54) is 0 Å². The Morgan fingerprint density at radius 3 is 3.06 bits per heavy atom. The molecule has 0 radical (unpaired) electrons. The first kappa shape index (κ1) is 12.4. The van der Waals surface area contributed by atoms with Gasteiger partial charge in [0.25, 0.3) is 0 Å². The summed E-state index contributed by atoms with van der Waals surface area (Å²) in [5.41, 5.74) is 0.110. The lowest BCUT2D eigenvalue weighted by atomic mass is 9.64. The summed E-state index contributed by atoms with van der Waals surface area (Å²) in [5, 5.41) is 0. The van der Waals surface area contributed by atoms with E-state index in [4.69, 9.17) is 4.74 Å². The van der Waals surface area contributed by atoms with Crippen LogP contribution in [0.3, 0.4) is 0 Å². The Morgan fingerprint density at radius 1 is 1.59 bits per heavy atom. The number of Topliss-reactive ketones (excluding diaryl/α,β-unsaturated/α-hetero) is 1. The molecule has 0 spiro atoms. The lowest BCUT2D eigenvalue weighted by molar-refractivity contribution is -0.126. The zero-order valence-corrected chi connectivity index (χ0v) is 10.7. The van der Waals surface area contributed by atoms with Gasteiger partial charge in [0.05, 0.1) is 6.61 Å². The second-order valence-corrected chi connectivity index (χ2v) is 5.50. The number of likely N-dealkylation sites (tertiary alicyclic amines) is 1. The predicted octanol–water partition coefficient (Wildman–Crippen LogP) is 2.22. The fourth-order valence-electron chi connectivity index (χ4n) is 3.11. The third kappa shape index (κ3) is 2.45. The number of nitrogens with zero attached hydrogens (tertiary/aromatic N) is 1. The lowest BCUT2D eigenvalue weighted by Crippen LogP contribution is -2.51. The second kappa shape index (κ2) is 4.67. The van der Waals surface area contributed by atoms with Crippen molar-refractivity contribution in [3.8, 4) is 0 Å². The fourth-order valence-corrected chi connectivity index (χ4v) is 3.11. The maximum Gasteiger partial charge on any atom is 0.409 e. The quantitative estimate of drug-likeness (QED) is 0.705. The van der Waals surface area contributed by atoms with Crippen molar-refractivity contribution in [2.75, 3.05) is 19.7 Å². The first-order valence-corrected chi connectivity index (χ1v) is 6.48. The van der Waals surface area contributed by atoms with Crippen molar-refractivity contribution in [2.45, 2.75) is 39.5 Å². The molecule has 0 aromatic rings. The minimum Gasteiger partial charge on any atom is -0.450 e. The average Bonchev–Trinajstić information content (AvgIpc) is 2.29. The molecule has 2 unspecified atom stereocenters. The SMILES string of the molecule is CCOC(=O)N1CCC2CC(=O)CCC2(C)C1. The van der Waals surface area contributed by atoms with Crippen LogP contribution in [0.25, 0.3) is 0 Å². The molecule has 1 saturated carbocycles. The van der Waals surface area contributed by atoms with Crippen LogP contribution in [0.1, 0.15) is 39.5 Å². The molecular formula is C13H21NO3. The van der Waals surface area contributed by atoms with E-state index in [1.807, 2.05) is 6.92 Å². The van der Waals surface area contributed by atoms with E-state index in [0.717, 1.165) is 25.9 Å². The van der Waals surface area contributed by atoms with Gasteiger partial charge < -0.3 is 9.64 Å². The molecule has 2 rings (SSSR count). The second-order valence-electron chi connectivity index (χ2n) is 5.50. The van der Waals surface area contributed by atoms with E-state index >= 15 is 0 Å². The summed E-state index contributed by atoms with van der Waals surface area (Å²) >= 11 is 0. The molecule has 4 nitrogen and oxygen atoms in total. The molecule has 1 aliphatic carbocycles. The maximum absolute atomic E-state index is 11.7. The van der Waals surface area contributed by atoms with Crippen molar-refractivity contribution in [3.05, 3.63) is 0 Å². The summed E-state index contributed by atoms with van der Waals surface area (Å²) in [6, 6.07) is 0. The van der Waals surface area contributed by atoms with E-state index in [1.54, 1.807) is 4.90 Å². The van der Waals surface area contributed by atoms with Crippen molar-refractivity contribution in [3.63, 3.8) is 0 Å². The molecule has 0 aromatic carbocycles. The van der Waals surface area contributed by atoms with E-state index in [-0.39, 0.29) is 11.5 Å². The first-order chi connectivity index (χ1) is 8.05. The highest BCUT2D eigenvalue weighted by atomic mass is 16.6. The van der Waals surface area contributed by atoms with Gasteiger partial charge in [-0.25, -0.2) is 4.79 Å². The monoisotopic (exact) mass is 239 g/mol. The number of carbonyl (C=O) groups is 2. The summed E-state index contributed by atoms with van der Waals surface area (Å²) < 4.78 is 5.05. The summed E-state index contributed by atoms with van der Waals surface area (Å²) in [6.45, 7) is 5.92. The van der Waals surface area contributed by atoms with Crippen LogP contribution < -0.4 is 0 Å². The third-order valence-corrected chi connectivity index (χ3v) is 4.26. The van der Waals surface area contributed by atoms with E-state index < -0.39 is 0 Å². The molecule has 4 heteroatoms. The molecule has 1 aliphatic heterocycles. The minimum absolute atomic E-state index is 0.110. The van der Waals surface area contributed by atoms with Crippen molar-refractivity contribution < 1.29 is 14.3 Å². The molecule has 2 atom stereocenters. The zero-order valence-electron chi connectivity index (χ0n) is 10.7. The zero-order chi connectivity index (χ0) is 12.5. The van der Waals surface area contributed by atoms with Crippen LogP contribution in [-0.4, -0.2) is 36.5 Å². The van der Waals surface area contributed by atoms with Gasteiger partial charge in [-0.1, -0.05) is 6.92 Å². The number of rotatable bonds is 1. The molecular weight excluding hydrogens is 218 g/mol. The smallest absolute Gasteiger partial charge is 0.409 e. The molecule has 0 bridgehead atoms. The molecule has 1 amide bonds. The van der Waals surface area contributed by atoms with E-state index in [9.17, 15) is 9.59 Å². The van der Waals surface area contributed by atoms with Crippen LogP contribution in [0, 0.1) is 11.3 Å². The van der Waals surface area contributed by atoms with Gasteiger partial charge in [-0.2, -0.15) is 0 Å². The Bertz CT molecular complexity index is 329. The highest BCUT2D eigenvalue weighted by molar-refractivity contribution is 5.79. The molecule has 17 heavy (non-hydrogen) atoms.